The molecule has 2 aliphatic heterocycles. The number of carbonyl (C=O) groups is 2. The number of anilines is 2. The van der Waals surface area contributed by atoms with E-state index in [-0.39, 0.29) is 92.3 Å². The lowest BCUT2D eigenvalue weighted by molar-refractivity contribution is -0.114. The van der Waals surface area contributed by atoms with Gasteiger partial charge in [-0.3, -0.25) is 66.2 Å². The van der Waals surface area contributed by atoms with E-state index in [0.717, 1.165) is 243 Å². The molecule has 22 rings (SSSR count). The third-order valence-corrected chi connectivity index (χ3v) is 35.7. The second-order valence-electron chi connectivity index (χ2n) is 40.7. The van der Waals surface area contributed by atoms with Crippen LogP contribution in [0.15, 0.2) is 160 Å². The Labute approximate surface area is 819 Å². The van der Waals surface area contributed by atoms with Crippen molar-refractivity contribution in [3.8, 4) is 41.8 Å². The van der Waals surface area contributed by atoms with Crippen LogP contribution in [0.2, 0.25) is 0 Å². The summed E-state index contributed by atoms with van der Waals surface area (Å²) < 4.78 is 10.6. The van der Waals surface area contributed by atoms with E-state index in [1.165, 1.54) is 18.3 Å². The molecule has 2 unspecified atom stereocenters. The normalized spacial score (nSPS) is 14.6. The highest BCUT2D eigenvalue weighted by Crippen LogP contribution is 2.58. The molecule has 2 amide bonds. The molecule has 8 aromatic heterocycles. The fraction of sp³-hybridized carbons (Fsp3) is 0.400. The van der Waals surface area contributed by atoms with Gasteiger partial charge in [-0.05, 0) is 206 Å². The van der Waals surface area contributed by atoms with Crippen molar-refractivity contribution >= 4 is 208 Å². The van der Waals surface area contributed by atoms with Gasteiger partial charge in [0.15, 0.2) is 0 Å². The Morgan fingerprint density at radius 3 is 0.850 bits per heavy atom. The topological polar surface area (TPSA) is 207 Å². The molecule has 0 radical (unpaired) electrons. The van der Waals surface area contributed by atoms with Crippen LogP contribution in [0.1, 0.15) is 286 Å². The summed E-state index contributed by atoms with van der Waals surface area (Å²) in [5.41, 5.74) is 7.78. The van der Waals surface area contributed by atoms with Gasteiger partial charge in [0.1, 0.15) is 0 Å². The number of hydrogen-bond acceptors (Lipinski definition) is 12. The number of amides is 2. The molecular weight excluding hydrogens is 1780 g/mol. The summed E-state index contributed by atoms with van der Waals surface area (Å²) in [5, 5.41) is 16.6. The minimum absolute atomic E-state index is 0.143. The first-order chi connectivity index (χ1) is 68.1. The maximum Gasteiger partial charge on any atom is 0.261 e. The van der Waals surface area contributed by atoms with Crippen molar-refractivity contribution in [1.29, 1.82) is 0 Å². The number of hydrogen-bond donors (Lipinski definition) is 0. The van der Waals surface area contributed by atoms with Gasteiger partial charge in [-0.1, -0.05) is 210 Å². The van der Waals surface area contributed by atoms with Crippen molar-refractivity contribution in [2.24, 2.45) is 11.8 Å². The SMILES string of the molecule is CCCCCCn1c2cc3c(=O)n(C(CC)CC)c(=O)c4ccc5c6c(-c7ccc(-c8ccc9c(c8)N(CC(CC)CCCC)C(=O)/C9=C8/C(=O)N(CC(CC)CCCC)c9cc(-c%10ccc(-c%11cc%12c(=O)n(C(CC)CC)c(=O)c%13cc%14c%15c(c%11c%11ccc%16c(=O)n(C(CC)CC)c(=O)c%17cc(c%15c%11c%16%17)n%14CCCCCC)c%12%13)s%10)ccc98)s7)cc7c(=O)n(C(CC)CC)c(=O)c8cc1c(c6c78)c2c5c43. The maximum absolute atomic E-state index is 16.6. The molecule has 2 aliphatic rings. The average molecular weight is 1900 g/mol. The monoisotopic (exact) mass is 1900 g/mol. The van der Waals surface area contributed by atoms with Crippen LogP contribution in [0.25, 0.3) is 204 Å². The van der Waals surface area contributed by atoms with E-state index < -0.39 is 0 Å². The Bertz CT molecular complexity index is 8450. The van der Waals surface area contributed by atoms with Crippen LogP contribution in [0, 0.1) is 11.8 Å². The number of fused-ring (bicyclic) bond motifs is 4. The van der Waals surface area contributed by atoms with Crippen molar-refractivity contribution in [1.82, 2.24) is 27.4 Å². The van der Waals surface area contributed by atoms with Crippen LogP contribution < -0.4 is 54.3 Å². The fourth-order valence-electron chi connectivity index (χ4n) is 25.9. The smallest absolute Gasteiger partial charge is 0.261 e. The van der Waals surface area contributed by atoms with E-state index in [4.69, 9.17) is 0 Å². The standard InChI is InChI=1S/C120H124N8O10S2/c1-15-29-33-35-51-121-87-57-81-97-75(111(129)125(115(81)133)67(21-7)22-8)45-43-73-95-77(55-79-99-83(117(135)127(113(79)131)69(25-11)26-12)59-89(121)107(109(95)99)105(87)101(73)97)93-49-47-91(139-93)65-39-41-71-85(53-65)123(61-63(19-5)37-31-17-3)119(137)103(71)104-72-42-40-66(54-86(72)124(120(104)138)62-64(20-6)38-32-18-4)92-48-50-94(140-92)78-56-80-100-84(118(136)128(114(80)132)70(27-13)28-14)60-90-108-106-88(122(90)52-36-34-30-16-2)58-82-98-76(46-44-74(102(98)106)96(78)110(100)108)112(130)126(116(82)134)68(23-9)24-10/h39-50,53-60,63-64,67-70H,15-38,51-52,61-62H2,1-14H3/b104-103+. The van der Waals surface area contributed by atoms with Gasteiger partial charge in [0, 0.05) is 178 Å². The number of nitrogens with zero attached hydrogens (tertiary/aromatic N) is 8. The number of aryl methyl sites for hydroxylation is 2. The zero-order chi connectivity index (χ0) is 97.5. The first kappa shape index (κ1) is 92.5. The summed E-state index contributed by atoms with van der Waals surface area (Å²) in [5.74, 6) is -0.160. The Kier molecular flexibility index (Phi) is 23.7. The predicted molar refractivity (Wildman–Crippen MR) is 588 cm³/mol. The third kappa shape index (κ3) is 13.4. The number of carbonyl (C=O) groups excluding carboxylic acids is 2. The van der Waals surface area contributed by atoms with Crippen LogP contribution in [0.5, 0.6) is 0 Å². The van der Waals surface area contributed by atoms with Crippen LogP contribution in [-0.4, -0.2) is 52.3 Å². The first-order valence-corrected chi connectivity index (χ1v) is 54.3. The van der Waals surface area contributed by atoms with E-state index in [0.29, 0.717) is 164 Å². The molecule has 0 N–H and O–H groups in total. The summed E-state index contributed by atoms with van der Waals surface area (Å²) in [4.78, 5) is 165. The highest BCUT2D eigenvalue weighted by atomic mass is 32.1. The second-order valence-corrected chi connectivity index (χ2v) is 42.9. The molecule has 20 aromatic rings. The van der Waals surface area contributed by atoms with E-state index >= 15 is 47.9 Å². The fourth-order valence-corrected chi connectivity index (χ4v) is 27.9. The summed E-state index contributed by atoms with van der Waals surface area (Å²) >= 11 is 3.17. The first-order valence-electron chi connectivity index (χ1n) is 52.7. The van der Waals surface area contributed by atoms with Crippen molar-refractivity contribution in [2.75, 3.05) is 22.9 Å². The number of unbranched alkanes of at least 4 members (excludes halogenated alkanes) is 8. The zero-order valence-electron chi connectivity index (χ0n) is 83.3. The summed E-state index contributed by atoms with van der Waals surface area (Å²) in [6, 6.07) is 39.7. The molecule has 0 saturated carbocycles. The minimum atomic E-state index is -0.360. The lowest BCUT2D eigenvalue weighted by Gasteiger charge is -2.24. The lowest BCUT2D eigenvalue weighted by Crippen LogP contribution is -2.36. The van der Waals surface area contributed by atoms with Crippen LogP contribution in [-0.2, 0) is 22.7 Å². The Hall–Kier alpha value is -12.5. The lowest BCUT2D eigenvalue weighted by atomic mass is 9.84. The molecule has 0 aliphatic carbocycles. The molecule has 10 heterocycles. The van der Waals surface area contributed by atoms with Gasteiger partial charge >= 0.3 is 0 Å². The predicted octanol–water partition coefficient (Wildman–Crippen LogP) is 28.5. The molecule has 2 atom stereocenters. The quantitative estimate of drug-likeness (QED) is 0.0155. The molecule has 716 valence electrons. The van der Waals surface area contributed by atoms with E-state index in [2.05, 4.69) is 111 Å². The third-order valence-electron chi connectivity index (χ3n) is 33.4. The van der Waals surface area contributed by atoms with Gasteiger partial charge in [0.2, 0.25) is 0 Å². The van der Waals surface area contributed by atoms with Gasteiger partial charge in [-0.25, -0.2) is 0 Å². The van der Waals surface area contributed by atoms with Crippen molar-refractivity contribution in [2.45, 2.75) is 288 Å². The van der Waals surface area contributed by atoms with Gasteiger partial charge < -0.3 is 18.9 Å². The Morgan fingerprint density at radius 2 is 0.536 bits per heavy atom. The molecule has 0 spiro atoms. The van der Waals surface area contributed by atoms with Gasteiger partial charge in [-0.2, -0.15) is 0 Å². The number of aromatic nitrogens is 6. The summed E-state index contributed by atoms with van der Waals surface area (Å²) in [6.45, 7) is 31.5. The highest BCUT2D eigenvalue weighted by Gasteiger charge is 2.45. The summed E-state index contributed by atoms with van der Waals surface area (Å²) in [7, 11) is 0. The Morgan fingerprint density at radius 1 is 0.243 bits per heavy atom. The zero-order valence-corrected chi connectivity index (χ0v) is 84.9. The largest absolute Gasteiger partial charge is 0.340 e. The minimum Gasteiger partial charge on any atom is -0.340 e. The van der Waals surface area contributed by atoms with Crippen LogP contribution in [0.3, 0.4) is 0 Å². The van der Waals surface area contributed by atoms with Crippen molar-refractivity contribution < 1.29 is 9.59 Å². The van der Waals surface area contributed by atoms with Crippen LogP contribution >= 0.6 is 22.7 Å². The van der Waals surface area contributed by atoms with E-state index in [1.807, 2.05) is 126 Å². The second kappa shape index (κ2) is 35.9. The van der Waals surface area contributed by atoms with E-state index in [9.17, 15) is 0 Å². The number of thiophene rings is 2. The van der Waals surface area contributed by atoms with Crippen LogP contribution in [0.4, 0.5) is 11.4 Å². The molecule has 140 heavy (non-hydrogen) atoms. The highest BCUT2D eigenvalue weighted by molar-refractivity contribution is 7.19. The molecule has 0 fully saturated rings. The molecular formula is C120H124N8O10S2. The van der Waals surface area contributed by atoms with Gasteiger partial charge in [0.05, 0.1) is 66.1 Å². The number of pyridine rings is 4. The molecule has 18 nitrogen and oxygen atoms in total. The number of rotatable bonds is 38. The van der Waals surface area contributed by atoms with Crippen molar-refractivity contribution in [3.05, 3.63) is 215 Å². The summed E-state index contributed by atoms with van der Waals surface area (Å²) in [6.07, 6.45) is 20.1. The molecule has 0 bridgehead atoms. The van der Waals surface area contributed by atoms with Gasteiger partial charge in [-0.15, -0.1) is 22.7 Å². The van der Waals surface area contributed by atoms with E-state index in [1.54, 1.807) is 22.7 Å². The molecule has 20 heteroatoms. The average Bonchev–Trinajstić information content (AvgIpc) is 1.45. The van der Waals surface area contributed by atoms with Gasteiger partial charge in [0.25, 0.3) is 56.3 Å². The Balaban J connectivity index is 0.726. The maximum atomic E-state index is 16.6. The number of benzene rings is 12. The molecule has 12 aromatic carbocycles. The molecule has 0 saturated heterocycles. The van der Waals surface area contributed by atoms with Crippen molar-refractivity contribution in [3.63, 3.8) is 0 Å².